The van der Waals surface area contributed by atoms with Crippen LogP contribution in [0.2, 0.25) is 0 Å². The normalized spacial score (nSPS) is 14.0. The van der Waals surface area contributed by atoms with Crippen molar-refractivity contribution in [3.8, 4) is 0 Å². The van der Waals surface area contributed by atoms with E-state index in [2.05, 4.69) is 20.2 Å². The summed E-state index contributed by atoms with van der Waals surface area (Å²) in [4.78, 5) is 0. The topological polar surface area (TPSA) is 86.9 Å². The molecule has 86 valence electrons. The van der Waals surface area contributed by atoms with E-state index in [1.807, 2.05) is 13.0 Å². The van der Waals surface area contributed by atoms with Crippen molar-refractivity contribution in [1.29, 1.82) is 0 Å². The summed E-state index contributed by atoms with van der Waals surface area (Å²) in [5, 5.41) is 9.84. The van der Waals surface area contributed by atoms with E-state index in [-0.39, 0.29) is 6.04 Å². The molecule has 6 nitrogen and oxygen atoms in total. The minimum atomic E-state index is -3.09. The first-order chi connectivity index (χ1) is 6.99. The smallest absolute Gasteiger partial charge is 0.208 e. The third-order valence-electron chi connectivity index (χ3n) is 1.93. The van der Waals surface area contributed by atoms with Crippen LogP contribution in [0.15, 0.2) is 12.3 Å². The summed E-state index contributed by atoms with van der Waals surface area (Å²) >= 11 is 0. The standard InChI is InChI=1S/C8H16N4O2S/c1-7(8-3-4-10-12-8)9-5-6-11-15(2,13)14/h3-4,7,9,11H,5-6H2,1-2H3,(H,10,12). The lowest BCUT2D eigenvalue weighted by molar-refractivity contribution is 0.548. The van der Waals surface area contributed by atoms with Crippen LogP contribution in [0.1, 0.15) is 18.7 Å². The Kier molecular flexibility index (Phi) is 4.25. The highest BCUT2D eigenvalue weighted by molar-refractivity contribution is 7.88. The first-order valence-corrected chi connectivity index (χ1v) is 6.55. The molecule has 3 N–H and O–H groups in total. The van der Waals surface area contributed by atoms with Crippen LogP contribution in [0.25, 0.3) is 0 Å². The molecule has 1 heterocycles. The fraction of sp³-hybridized carbons (Fsp3) is 0.625. The summed E-state index contributed by atoms with van der Waals surface area (Å²) in [6.45, 7) is 2.94. The van der Waals surface area contributed by atoms with Crippen LogP contribution in [0.4, 0.5) is 0 Å². The first kappa shape index (κ1) is 12.2. The van der Waals surface area contributed by atoms with Gasteiger partial charge < -0.3 is 5.32 Å². The van der Waals surface area contributed by atoms with Gasteiger partial charge in [-0.1, -0.05) is 0 Å². The molecule has 0 fully saturated rings. The van der Waals surface area contributed by atoms with E-state index in [1.54, 1.807) is 6.20 Å². The molecule has 0 aliphatic carbocycles. The highest BCUT2D eigenvalue weighted by Crippen LogP contribution is 2.05. The van der Waals surface area contributed by atoms with Crippen LogP contribution >= 0.6 is 0 Å². The Morgan fingerprint density at radius 2 is 2.27 bits per heavy atom. The molecule has 1 atom stereocenters. The van der Waals surface area contributed by atoms with Gasteiger partial charge in [-0.15, -0.1) is 0 Å². The Bertz CT molecular complexity index is 373. The van der Waals surface area contributed by atoms with Crippen LogP contribution in [0.5, 0.6) is 0 Å². The summed E-state index contributed by atoms with van der Waals surface area (Å²) in [5.74, 6) is 0. The van der Waals surface area contributed by atoms with Crippen molar-refractivity contribution < 1.29 is 8.42 Å². The second-order valence-corrected chi connectivity index (χ2v) is 5.19. The summed E-state index contributed by atoms with van der Waals surface area (Å²) in [6.07, 6.45) is 2.83. The van der Waals surface area contributed by atoms with Crippen molar-refractivity contribution in [2.45, 2.75) is 13.0 Å². The molecule has 15 heavy (non-hydrogen) atoms. The molecule has 1 aromatic heterocycles. The van der Waals surface area contributed by atoms with E-state index >= 15 is 0 Å². The Balaban J connectivity index is 2.21. The lowest BCUT2D eigenvalue weighted by atomic mass is 10.2. The molecule has 0 aromatic carbocycles. The Labute approximate surface area is 89.5 Å². The molecular weight excluding hydrogens is 216 g/mol. The second-order valence-electron chi connectivity index (χ2n) is 3.35. The lowest BCUT2D eigenvalue weighted by Crippen LogP contribution is -2.32. The molecule has 0 radical (unpaired) electrons. The average Bonchev–Trinajstić information content (AvgIpc) is 2.63. The summed E-state index contributed by atoms with van der Waals surface area (Å²) in [7, 11) is -3.09. The summed E-state index contributed by atoms with van der Waals surface area (Å²) in [6, 6.07) is 2.01. The SMILES string of the molecule is CC(NCCNS(C)(=O)=O)c1ccn[nH]1. The summed E-state index contributed by atoms with van der Waals surface area (Å²) < 4.78 is 23.9. The Morgan fingerprint density at radius 1 is 1.53 bits per heavy atom. The highest BCUT2D eigenvalue weighted by Gasteiger charge is 2.05. The zero-order chi connectivity index (χ0) is 11.3. The van der Waals surface area contributed by atoms with Crippen molar-refractivity contribution in [2.75, 3.05) is 19.3 Å². The van der Waals surface area contributed by atoms with Gasteiger partial charge in [0.15, 0.2) is 0 Å². The predicted octanol–water partition coefficient (Wildman–Crippen LogP) is -0.390. The average molecular weight is 232 g/mol. The molecular formula is C8H16N4O2S. The maximum absolute atomic E-state index is 10.7. The monoisotopic (exact) mass is 232 g/mol. The second kappa shape index (κ2) is 5.24. The van der Waals surface area contributed by atoms with Crippen LogP contribution in [-0.2, 0) is 10.0 Å². The molecule has 1 aromatic rings. The predicted molar refractivity (Wildman–Crippen MR) is 57.9 cm³/mol. The van der Waals surface area contributed by atoms with Crippen molar-refractivity contribution in [3.05, 3.63) is 18.0 Å². The number of nitrogens with one attached hydrogen (secondary N) is 3. The maximum atomic E-state index is 10.7. The molecule has 0 aliphatic heterocycles. The number of sulfonamides is 1. The minimum Gasteiger partial charge on any atom is -0.308 e. The van der Waals surface area contributed by atoms with Crippen molar-refractivity contribution in [3.63, 3.8) is 0 Å². The quantitative estimate of drug-likeness (QED) is 0.583. The van der Waals surface area contributed by atoms with Gasteiger partial charge >= 0.3 is 0 Å². The molecule has 7 heteroatoms. The van der Waals surface area contributed by atoms with Crippen molar-refractivity contribution >= 4 is 10.0 Å². The van der Waals surface area contributed by atoms with Gasteiger partial charge in [-0.05, 0) is 13.0 Å². The van der Waals surface area contributed by atoms with E-state index in [0.717, 1.165) is 11.9 Å². The van der Waals surface area contributed by atoms with Gasteiger partial charge in [-0.25, -0.2) is 13.1 Å². The van der Waals surface area contributed by atoms with E-state index in [9.17, 15) is 8.42 Å². The first-order valence-electron chi connectivity index (χ1n) is 4.66. The van der Waals surface area contributed by atoms with E-state index < -0.39 is 10.0 Å². The number of aromatic nitrogens is 2. The van der Waals surface area contributed by atoms with Crippen LogP contribution < -0.4 is 10.0 Å². The van der Waals surface area contributed by atoms with E-state index in [1.165, 1.54) is 0 Å². The zero-order valence-electron chi connectivity index (χ0n) is 8.82. The van der Waals surface area contributed by atoms with Gasteiger partial charge in [0, 0.05) is 25.3 Å². The molecule has 0 amide bonds. The molecule has 0 aliphatic rings. The summed E-state index contributed by atoms with van der Waals surface area (Å²) in [5.41, 5.74) is 0.981. The van der Waals surface area contributed by atoms with Gasteiger partial charge in [0.25, 0.3) is 0 Å². The third-order valence-corrected chi connectivity index (χ3v) is 2.66. The molecule has 1 rings (SSSR count). The van der Waals surface area contributed by atoms with E-state index in [4.69, 9.17) is 0 Å². The van der Waals surface area contributed by atoms with Gasteiger partial charge in [0.2, 0.25) is 10.0 Å². The largest absolute Gasteiger partial charge is 0.308 e. The van der Waals surface area contributed by atoms with Crippen molar-refractivity contribution in [1.82, 2.24) is 20.2 Å². The van der Waals surface area contributed by atoms with Gasteiger partial charge in [0.05, 0.1) is 11.9 Å². The van der Waals surface area contributed by atoms with Crippen molar-refractivity contribution in [2.24, 2.45) is 0 Å². The number of aromatic amines is 1. The molecule has 0 spiro atoms. The highest BCUT2D eigenvalue weighted by atomic mass is 32.2. The van der Waals surface area contributed by atoms with Gasteiger partial charge in [0.1, 0.15) is 0 Å². The minimum absolute atomic E-state index is 0.133. The molecule has 1 unspecified atom stereocenters. The van der Waals surface area contributed by atoms with Gasteiger partial charge in [-0.2, -0.15) is 5.10 Å². The third kappa shape index (κ3) is 4.91. The number of nitrogens with zero attached hydrogens (tertiary/aromatic N) is 1. The molecule has 0 saturated carbocycles. The van der Waals surface area contributed by atoms with Crippen LogP contribution in [0, 0.1) is 0 Å². The van der Waals surface area contributed by atoms with Gasteiger partial charge in [-0.3, -0.25) is 5.10 Å². The maximum Gasteiger partial charge on any atom is 0.208 e. The number of H-pyrrole nitrogens is 1. The zero-order valence-corrected chi connectivity index (χ0v) is 9.63. The number of hydrogen-bond acceptors (Lipinski definition) is 4. The fourth-order valence-electron chi connectivity index (χ4n) is 1.14. The Hall–Kier alpha value is -0.920. The fourth-order valence-corrected chi connectivity index (χ4v) is 1.62. The lowest BCUT2D eigenvalue weighted by Gasteiger charge is -2.11. The molecule has 0 saturated heterocycles. The van der Waals surface area contributed by atoms with Crippen LogP contribution in [0.3, 0.4) is 0 Å². The molecule has 0 bridgehead atoms. The van der Waals surface area contributed by atoms with Crippen LogP contribution in [-0.4, -0.2) is 38.0 Å². The number of rotatable bonds is 6. The number of hydrogen-bond donors (Lipinski definition) is 3. The Morgan fingerprint density at radius 3 is 2.80 bits per heavy atom. The van der Waals surface area contributed by atoms with E-state index in [0.29, 0.717) is 13.1 Å².